The first-order chi connectivity index (χ1) is 4.72. The second-order valence-electron chi connectivity index (χ2n) is 1.94. The number of Topliss-reactive ketones (excluding diaryl/α,β-unsaturated/α-hetero) is 1. The number of carbonyl (C=O) groups excluding carboxylic acids is 1. The molecule has 0 aliphatic heterocycles. The maximum atomic E-state index is 10.7. The number of nitrogens with zero attached hydrogens (tertiary/aromatic N) is 1. The summed E-state index contributed by atoms with van der Waals surface area (Å²) >= 11 is 0. The van der Waals surface area contributed by atoms with Gasteiger partial charge in [-0.05, 0) is 13.3 Å². The van der Waals surface area contributed by atoms with Crippen LogP contribution in [0.15, 0.2) is 16.8 Å². The normalized spacial score (nSPS) is 12.5. The highest BCUT2D eigenvalue weighted by atomic mass is 16.1. The van der Waals surface area contributed by atoms with Gasteiger partial charge in [0, 0.05) is 13.1 Å². The summed E-state index contributed by atoms with van der Waals surface area (Å²) in [6.07, 6.45) is 4.30. The molecule has 2 heteroatoms. The van der Waals surface area contributed by atoms with Crippen molar-refractivity contribution in [2.75, 3.05) is 0 Å². The van der Waals surface area contributed by atoms with Gasteiger partial charge in [-0.1, -0.05) is 13.0 Å². The molecular weight excluding hydrogens is 126 g/mol. The predicted molar refractivity (Wildman–Crippen MR) is 43.2 cm³/mol. The second kappa shape index (κ2) is 4.91. The molecule has 0 aliphatic rings. The van der Waals surface area contributed by atoms with Crippen LogP contribution >= 0.6 is 0 Å². The van der Waals surface area contributed by atoms with Gasteiger partial charge in [0.1, 0.15) is 5.70 Å². The maximum Gasteiger partial charge on any atom is 0.177 e. The van der Waals surface area contributed by atoms with E-state index in [1.807, 2.05) is 13.0 Å². The molecule has 0 rings (SSSR count). The van der Waals surface area contributed by atoms with E-state index >= 15 is 0 Å². The molecule has 2 nitrogen and oxygen atoms in total. The van der Waals surface area contributed by atoms with Crippen molar-refractivity contribution in [2.24, 2.45) is 4.99 Å². The van der Waals surface area contributed by atoms with Crippen molar-refractivity contribution in [2.45, 2.75) is 27.2 Å². The molecule has 0 saturated carbocycles. The summed E-state index contributed by atoms with van der Waals surface area (Å²) in [5.74, 6) is 0.0277. The van der Waals surface area contributed by atoms with Crippen LogP contribution in [0.25, 0.3) is 0 Å². The van der Waals surface area contributed by atoms with E-state index in [2.05, 4.69) is 4.99 Å². The van der Waals surface area contributed by atoms with Crippen LogP contribution in [0.4, 0.5) is 0 Å². The SMILES string of the molecule is C/C=N\C(=C/CC)C(C)=O. The number of allylic oxidation sites excluding steroid dienone is 2. The monoisotopic (exact) mass is 139 g/mol. The molecule has 0 atom stereocenters. The highest BCUT2D eigenvalue weighted by Crippen LogP contribution is 1.98. The highest BCUT2D eigenvalue weighted by molar-refractivity contribution is 5.94. The van der Waals surface area contributed by atoms with E-state index in [9.17, 15) is 4.79 Å². The third-order valence-corrected chi connectivity index (χ3v) is 1.03. The average Bonchev–Trinajstić information content (AvgIpc) is 1.87. The van der Waals surface area contributed by atoms with Gasteiger partial charge in [0.05, 0.1) is 0 Å². The minimum absolute atomic E-state index is 0.0277. The second-order valence-corrected chi connectivity index (χ2v) is 1.94. The van der Waals surface area contributed by atoms with E-state index < -0.39 is 0 Å². The fraction of sp³-hybridized carbons (Fsp3) is 0.500. The van der Waals surface area contributed by atoms with Crippen molar-refractivity contribution in [3.8, 4) is 0 Å². The number of aliphatic imine (C=N–C) groups is 1. The van der Waals surface area contributed by atoms with Crippen molar-refractivity contribution >= 4 is 12.0 Å². The van der Waals surface area contributed by atoms with Gasteiger partial charge in [0.25, 0.3) is 0 Å². The van der Waals surface area contributed by atoms with Gasteiger partial charge in [-0.2, -0.15) is 0 Å². The summed E-state index contributed by atoms with van der Waals surface area (Å²) in [5.41, 5.74) is 0.560. The molecule has 10 heavy (non-hydrogen) atoms. The Morgan fingerprint density at radius 1 is 1.60 bits per heavy atom. The lowest BCUT2D eigenvalue weighted by Gasteiger charge is -1.91. The summed E-state index contributed by atoms with van der Waals surface area (Å²) in [6.45, 7) is 5.30. The third-order valence-electron chi connectivity index (χ3n) is 1.03. The zero-order valence-corrected chi connectivity index (χ0v) is 6.72. The first kappa shape index (κ1) is 9.08. The Kier molecular flexibility index (Phi) is 4.46. The zero-order valence-electron chi connectivity index (χ0n) is 6.72. The first-order valence-corrected chi connectivity index (χ1v) is 3.42. The van der Waals surface area contributed by atoms with Crippen LogP contribution in [0.2, 0.25) is 0 Å². The molecule has 0 bridgehead atoms. The number of hydrogen-bond acceptors (Lipinski definition) is 2. The van der Waals surface area contributed by atoms with Gasteiger partial charge in [-0.3, -0.25) is 9.79 Å². The van der Waals surface area contributed by atoms with Crippen molar-refractivity contribution in [1.29, 1.82) is 0 Å². The quantitative estimate of drug-likeness (QED) is 0.434. The van der Waals surface area contributed by atoms with Crippen molar-refractivity contribution in [3.63, 3.8) is 0 Å². The van der Waals surface area contributed by atoms with E-state index in [-0.39, 0.29) is 5.78 Å². The summed E-state index contributed by atoms with van der Waals surface area (Å²) in [6, 6.07) is 0. The van der Waals surface area contributed by atoms with Crippen LogP contribution in [-0.2, 0) is 4.79 Å². The summed E-state index contributed by atoms with van der Waals surface area (Å²) in [5, 5.41) is 0. The van der Waals surface area contributed by atoms with Gasteiger partial charge in [0.15, 0.2) is 5.78 Å². The minimum Gasteiger partial charge on any atom is -0.293 e. The Morgan fingerprint density at radius 2 is 2.20 bits per heavy atom. The Balaban J connectivity index is 4.26. The van der Waals surface area contributed by atoms with Gasteiger partial charge in [-0.15, -0.1) is 0 Å². The van der Waals surface area contributed by atoms with Crippen molar-refractivity contribution in [1.82, 2.24) is 0 Å². The Morgan fingerprint density at radius 3 is 2.50 bits per heavy atom. The van der Waals surface area contributed by atoms with Gasteiger partial charge in [0.2, 0.25) is 0 Å². The summed E-state index contributed by atoms with van der Waals surface area (Å²) < 4.78 is 0. The lowest BCUT2D eigenvalue weighted by atomic mass is 10.3. The van der Waals surface area contributed by atoms with Crippen LogP contribution in [0, 0.1) is 0 Å². The van der Waals surface area contributed by atoms with Crippen LogP contribution < -0.4 is 0 Å². The fourth-order valence-electron chi connectivity index (χ4n) is 0.620. The molecule has 0 unspecified atom stereocenters. The molecule has 0 N–H and O–H groups in total. The van der Waals surface area contributed by atoms with E-state index in [4.69, 9.17) is 0 Å². The highest BCUT2D eigenvalue weighted by Gasteiger charge is 1.96. The molecule has 0 aromatic heterocycles. The summed E-state index contributed by atoms with van der Waals surface area (Å²) in [4.78, 5) is 14.6. The summed E-state index contributed by atoms with van der Waals surface area (Å²) in [7, 11) is 0. The molecule has 0 radical (unpaired) electrons. The molecular formula is C8H13NO. The predicted octanol–water partition coefficient (Wildman–Crippen LogP) is 1.96. The molecule has 0 heterocycles. The van der Waals surface area contributed by atoms with E-state index in [0.717, 1.165) is 6.42 Å². The smallest absolute Gasteiger partial charge is 0.177 e. The van der Waals surface area contributed by atoms with Gasteiger partial charge in [-0.25, -0.2) is 0 Å². The maximum absolute atomic E-state index is 10.7. The number of rotatable bonds is 3. The molecule has 0 amide bonds. The van der Waals surface area contributed by atoms with Crippen LogP contribution in [0.3, 0.4) is 0 Å². The number of carbonyl (C=O) groups is 1. The largest absolute Gasteiger partial charge is 0.293 e. The molecule has 0 saturated heterocycles. The number of ketones is 1. The standard InChI is InChI=1S/C8H13NO/c1-4-6-8(7(3)10)9-5-2/h5-6H,4H2,1-3H3/b8-6-,9-5-. The van der Waals surface area contributed by atoms with E-state index in [1.165, 1.54) is 6.92 Å². The van der Waals surface area contributed by atoms with Crippen LogP contribution in [-0.4, -0.2) is 12.0 Å². The number of hydrogen-bond donors (Lipinski definition) is 0. The minimum atomic E-state index is 0.0277. The molecule has 0 spiro atoms. The van der Waals surface area contributed by atoms with E-state index in [1.54, 1.807) is 13.1 Å². The van der Waals surface area contributed by atoms with Crippen LogP contribution in [0.5, 0.6) is 0 Å². The molecule has 0 aliphatic carbocycles. The van der Waals surface area contributed by atoms with Gasteiger partial charge < -0.3 is 0 Å². The topological polar surface area (TPSA) is 29.4 Å². The average molecular weight is 139 g/mol. The Bertz CT molecular complexity index is 168. The van der Waals surface area contributed by atoms with Gasteiger partial charge >= 0.3 is 0 Å². The molecule has 0 aromatic carbocycles. The lowest BCUT2D eigenvalue weighted by Crippen LogP contribution is -1.92. The first-order valence-electron chi connectivity index (χ1n) is 3.42. The zero-order chi connectivity index (χ0) is 7.98. The van der Waals surface area contributed by atoms with Crippen molar-refractivity contribution < 1.29 is 4.79 Å². The molecule has 56 valence electrons. The lowest BCUT2D eigenvalue weighted by molar-refractivity contribution is -0.113. The Hall–Kier alpha value is -0.920. The van der Waals surface area contributed by atoms with Crippen LogP contribution in [0.1, 0.15) is 27.2 Å². The fourth-order valence-corrected chi connectivity index (χ4v) is 0.620. The third kappa shape index (κ3) is 3.17. The molecule has 0 fully saturated rings. The van der Waals surface area contributed by atoms with Crippen molar-refractivity contribution in [3.05, 3.63) is 11.8 Å². The molecule has 0 aromatic rings. The Labute approximate surface area is 61.7 Å². The van der Waals surface area contributed by atoms with E-state index in [0.29, 0.717) is 5.70 Å².